The van der Waals surface area contributed by atoms with Gasteiger partial charge in [0.25, 0.3) is 0 Å². The number of rotatable bonds is 4. The number of alkyl halides is 3. The summed E-state index contributed by atoms with van der Waals surface area (Å²) < 4.78 is 48.0. The van der Waals surface area contributed by atoms with Gasteiger partial charge in [-0.15, -0.1) is 0 Å². The topological polar surface area (TPSA) is 61.5 Å². The Bertz CT molecular complexity index is 460. The smallest absolute Gasteiger partial charge is 0.419 e. The fourth-order valence-corrected chi connectivity index (χ4v) is 1.43. The van der Waals surface area contributed by atoms with E-state index in [9.17, 15) is 18.0 Å². The van der Waals surface area contributed by atoms with Gasteiger partial charge in [0, 0.05) is 6.54 Å². The first-order valence-corrected chi connectivity index (χ1v) is 5.44. The Hall–Kier alpha value is -1.76. The molecule has 2 N–H and O–H groups in total. The van der Waals surface area contributed by atoms with Crippen molar-refractivity contribution >= 4 is 5.97 Å². The fourth-order valence-electron chi connectivity index (χ4n) is 1.43. The molecule has 1 aromatic rings. The molecule has 0 fully saturated rings. The molecule has 0 saturated heterocycles. The van der Waals surface area contributed by atoms with Crippen molar-refractivity contribution in [3.63, 3.8) is 0 Å². The number of hydrogen-bond acceptors (Lipinski definition) is 4. The molecule has 106 valence electrons. The van der Waals surface area contributed by atoms with Crippen LogP contribution in [0.15, 0.2) is 18.2 Å². The van der Waals surface area contributed by atoms with Gasteiger partial charge in [0.15, 0.2) is 6.10 Å². The van der Waals surface area contributed by atoms with E-state index < -0.39 is 29.6 Å². The molecular formula is C12H14F3NO3. The molecular weight excluding hydrogens is 263 g/mol. The average Bonchev–Trinajstić information content (AvgIpc) is 2.36. The van der Waals surface area contributed by atoms with Crippen LogP contribution in [0.4, 0.5) is 13.2 Å². The monoisotopic (exact) mass is 277 g/mol. The zero-order valence-corrected chi connectivity index (χ0v) is 10.5. The second-order valence-electron chi connectivity index (χ2n) is 3.82. The highest BCUT2D eigenvalue weighted by atomic mass is 19.4. The van der Waals surface area contributed by atoms with Gasteiger partial charge in [-0.05, 0) is 24.6 Å². The van der Waals surface area contributed by atoms with Gasteiger partial charge in [0.1, 0.15) is 5.75 Å². The van der Waals surface area contributed by atoms with E-state index in [1.54, 1.807) is 0 Å². The van der Waals surface area contributed by atoms with E-state index in [0.29, 0.717) is 5.56 Å². The van der Waals surface area contributed by atoms with E-state index in [0.717, 1.165) is 19.2 Å². The van der Waals surface area contributed by atoms with Gasteiger partial charge in [-0.2, -0.15) is 13.2 Å². The van der Waals surface area contributed by atoms with E-state index in [2.05, 4.69) is 4.74 Å². The summed E-state index contributed by atoms with van der Waals surface area (Å²) in [5, 5.41) is 0. The highest BCUT2D eigenvalue weighted by Crippen LogP contribution is 2.37. The predicted octanol–water partition coefficient (Wildman–Crippen LogP) is 2.10. The number of hydrogen-bond donors (Lipinski definition) is 1. The number of esters is 1. The van der Waals surface area contributed by atoms with Gasteiger partial charge >= 0.3 is 12.1 Å². The third-order valence-electron chi connectivity index (χ3n) is 2.42. The van der Waals surface area contributed by atoms with Crippen molar-refractivity contribution in [2.75, 3.05) is 7.11 Å². The lowest BCUT2D eigenvalue weighted by molar-refractivity contribution is -0.150. The standard InChI is InChI=1S/C12H14F3NO3/c1-7(11(17)18-2)19-10-4-3-8(6-16)5-9(10)12(13,14)15/h3-5,7H,6,16H2,1-2H3. The van der Waals surface area contributed by atoms with Crippen molar-refractivity contribution < 1.29 is 27.4 Å². The van der Waals surface area contributed by atoms with Crippen molar-refractivity contribution in [3.8, 4) is 5.75 Å². The van der Waals surface area contributed by atoms with E-state index >= 15 is 0 Å². The zero-order chi connectivity index (χ0) is 14.6. The number of methoxy groups -OCH3 is 1. The Labute approximate surface area is 108 Å². The van der Waals surface area contributed by atoms with Gasteiger partial charge in [0.05, 0.1) is 12.7 Å². The highest BCUT2D eigenvalue weighted by molar-refractivity contribution is 5.74. The summed E-state index contributed by atoms with van der Waals surface area (Å²) in [6, 6.07) is 3.46. The summed E-state index contributed by atoms with van der Waals surface area (Å²) in [5.74, 6) is -1.18. The Balaban J connectivity index is 3.10. The molecule has 1 unspecified atom stereocenters. The van der Waals surface area contributed by atoms with Crippen LogP contribution < -0.4 is 10.5 Å². The number of carbonyl (C=O) groups excluding carboxylic acids is 1. The summed E-state index contributed by atoms with van der Waals surface area (Å²) >= 11 is 0. The Morgan fingerprint density at radius 2 is 2.05 bits per heavy atom. The molecule has 7 heteroatoms. The second kappa shape index (κ2) is 5.92. The van der Waals surface area contributed by atoms with Crippen molar-refractivity contribution in [3.05, 3.63) is 29.3 Å². The quantitative estimate of drug-likeness (QED) is 0.856. The number of ether oxygens (including phenoxy) is 2. The third kappa shape index (κ3) is 3.85. The second-order valence-corrected chi connectivity index (χ2v) is 3.82. The first-order chi connectivity index (χ1) is 8.79. The Morgan fingerprint density at radius 3 is 2.53 bits per heavy atom. The summed E-state index contributed by atoms with van der Waals surface area (Å²) in [6.07, 6.45) is -5.72. The lowest BCUT2D eigenvalue weighted by Crippen LogP contribution is -2.26. The van der Waals surface area contributed by atoms with Gasteiger partial charge in [-0.1, -0.05) is 6.07 Å². The molecule has 0 spiro atoms. The van der Waals surface area contributed by atoms with Crippen LogP contribution in [0.5, 0.6) is 5.75 Å². The SMILES string of the molecule is COC(=O)C(C)Oc1ccc(CN)cc1C(F)(F)F. The van der Waals surface area contributed by atoms with E-state index in [4.69, 9.17) is 10.5 Å². The third-order valence-corrected chi connectivity index (χ3v) is 2.42. The van der Waals surface area contributed by atoms with E-state index in [1.165, 1.54) is 13.0 Å². The first-order valence-electron chi connectivity index (χ1n) is 5.44. The minimum absolute atomic E-state index is 0.0179. The maximum atomic E-state index is 12.9. The fraction of sp³-hybridized carbons (Fsp3) is 0.417. The largest absolute Gasteiger partial charge is 0.478 e. The molecule has 19 heavy (non-hydrogen) atoms. The van der Waals surface area contributed by atoms with Crippen LogP contribution in [0.3, 0.4) is 0 Å². The number of benzene rings is 1. The molecule has 0 bridgehead atoms. The highest BCUT2D eigenvalue weighted by Gasteiger charge is 2.35. The molecule has 1 rings (SSSR count). The minimum atomic E-state index is -4.59. The zero-order valence-electron chi connectivity index (χ0n) is 10.5. The average molecular weight is 277 g/mol. The van der Waals surface area contributed by atoms with Crippen LogP contribution in [-0.4, -0.2) is 19.2 Å². The molecule has 1 aromatic carbocycles. The molecule has 0 aliphatic rings. The molecule has 0 radical (unpaired) electrons. The maximum Gasteiger partial charge on any atom is 0.419 e. The van der Waals surface area contributed by atoms with E-state index in [1.807, 2.05) is 0 Å². The van der Waals surface area contributed by atoms with Gasteiger partial charge in [-0.25, -0.2) is 4.79 Å². The maximum absolute atomic E-state index is 12.9. The predicted molar refractivity (Wildman–Crippen MR) is 61.4 cm³/mol. The summed E-state index contributed by atoms with van der Waals surface area (Å²) in [7, 11) is 1.13. The van der Waals surface area contributed by atoms with Crippen molar-refractivity contribution in [1.29, 1.82) is 0 Å². The van der Waals surface area contributed by atoms with Crippen molar-refractivity contribution in [2.45, 2.75) is 25.7 Å². The summed E-state index contributed by atoms with van der Waals surface area (Å²) in [4.78, 5) is 11.2. The lowest BCUT2D eigenvalue weighted by atomic mass is 10.1. The van der Waals surface area contributed by atoms with Crippen LogP contribution >= 0.6 is 0 Å². The van der Waals surface area contributed by atoms with Crippen LogP contribution in [0.2, 0.25) is 0 Å². The molecule has 0 amide bonds. The van der Waals surface area contributed by atoms with Crippen molar-refractivity contribution in [1.82, 2.24) is 0 Å². The molecule has 0 aliphatic heterocycles. The Morgan fingerprint density at radius 1 is 1.42 bits per heavy atom. The number of carbonyl (C=O) groups is 1. The van der Waals surface area contributed by atoms with Crippen LogP contribution in [0.1, 0.15) is 18.1 Å². The molecule has 0 saturated carbocycles. The van der Waals surface area contributed by atoms with Crippen LogP contribution in [0.25, 0.3) is 0 Å². The summed E-state index contributed by atoms with van der Waals surface area (Å²) in [6.45, 7) is 1.29. The summed E-state index contributed by atoms with van der Waals surface area (Å²) in [5.41, 5.74) is 4.66. The molecule has 4 nitrogen and oxygen atoms in total. The first kappa shape index (κ1) is 15.3. The van der Waals surface area contributed by atoms with Gasteiger partial charge in [-0.3, -0.25) is 0 Å². The molecule has 0 aliphatic carbocycles. The van der Waals surface area contributed by atoms with E-state index in [-0.39, 0.29) is 6.54 Å². The molecule has 0 aromatic heterocycles. The molecule has 1 atom stereocenters. The molecule has 0 heterocycles. The van der Waals surface area contributed by atoms with Crippen molar-refractivity contribution in [2.24, 2.45) is 5.73 Å². The van der Waals surface area contributed by atoms with Crippen LogP contribution in [0, 0.1) is 0 Å². The van der Waals surface area contributed by atoms with Crippen LogP contribution in [-0.2, 0) is 22.3 Å². The lowest BCUT2D eigenvalue weighted by Gasteiger charge is -2.18. The normalized spacial score (nSPS) is 12.9. The van der Waals surface area contributed by atoms with Gasteiger partial charge < -0.3 is 15.2 Å². The Kier molecular flexibility index (Phi) is 4.77. The number of nitrogens with two attached hydrogens (primary N) is 1. The number of halogens is 3. The minimum Gasteiger partial charge on any atom is -0.478 e. The van der Waals surface area contributed by atoms with Gasteiger partial charge in [0.2, 0.25) is 0 Å².